The minimum atomic E-state index is -0.507. The molecule has 0 saturated carbocycles. The Morgan fingerprint density at radius 2 is 1.89 bits per heavy atom. The molecule has 1 aromatic carbocycles. The molecular weight excluding hydrogens is 230 g/mol. The van der Waals surface area contributed by atoms with Crippen molar-refractivity contribution in [3.8, 4) is 0 Å². The van der Waals surface area contributed by atoms with Crippen molar-refractivity contribution in [1.82, 2.24) is 4.90 Å². The van der Waals surface area contributed by atoms with E-state index >= 15 is 0 Å². The summed E-state index contributed by atoms with van der Waals surface area (Å²) in [6.45, 7) is 4.01. The number of amides is 3. The van der Waals surface area contributed by atoms with E-state index in [9.17, 15) is 9.59 Å². The molecule has 5 heteroatoms. The quantitative estimate of drug-likeness (QED) is 0.821. The lowest BCUT2D eigenvalue weighted by Crippen LogP contribution is -2.54. The standard InChI is InChI=1S/C13H19N3O2/c1-13(2,9-14)15(3)12(18)16(10-17)11-7-5-4-6-8-11/h4-8,10H,9,14H2,1-3H3. The van der Waals surface area contributed by atoms with Crippen molar-refractivity contribution in [2.75, 3.05) is 18.5 Å². The van der Waals surface area contributed by atoms with Crippen molar-refractivity contribution >= 4 is 18.1 Å². The summed E-state index contributed by atoms with van der Waals surface area (Å²) < 4.78 is 0. The molecule has 0 heterocycles. The molecule has 3 amide bonds. The molecule has 0 unspecified atom stereocenters. The molecule has 0 fully saturated rings. The van der Waals surface area contributed by atoms with Crippen LogP contribution >= 0.6 is 0 Å². The zero-order valence-corrected chi connectivity index (χ0v) is 11.0. The zero-order valence-electron chi connectivity index (χ0n) is 11.0. The molecule has 0 radical (unpaired) electrons. The number of likely N-dealkylation sites (N-methyl/N-ethyl adjacent to an activating group) is 1. The average molecular weight is 249 g/mol. The Morgan fingerprint density at radius 1 is 1.33 bits per heavy atom. The van der Waals surface area contributed by atoms with Gasteiger partial charge in [0.25, 0.3) is 0 Å². The van der Waals surface area contributed by atoms with Gasteiger partial charge in [0, 0.05) is 13.6 Å². The first-order valence-electron chi connectivity index (χ1n) is 5.71. The lowest BCUT2D eigenvalue weighted by Gasteiger charge is -2.36. The molecule has 0 saturated heterocycles. The predicted octanol–water partition coefficient (Wildman–Crippen LogP) is 1.44. The number of urea groups is 1. The highest BCUT2D eigenvalue weighted by Crippen LogP contribution is 2.17. The highest BCUT2D eigenvalue weighted by Gasteiger charge is 2.30. The number of nitrogens with two attached hydrogens (primary N) is 1. The van der Waals surface area contributed by atoms with Gasteiger partial charge in [0.1, 0.15) is 0 Å². The van der Waals surface area contributed by atoms with Gasteiger partial charge in [-0.25, -0.2) is 9.69 Å². The van der Waals surface area contributed by atoms with E-state index in [4.69, 9.17) is 5.73 Å². The molecule has 1 rings (SSSR count). The van der Waals surface area contributed by atoms with Gasteiger partial charge < -0.3 is 10.6 Å². The Balaban J connectivity index is 2.97. The Hall–Kier alpha value is -1.88. The van der Waals surface area contributed by atoms with Crippen molar-refractivity contribution < 1.29 is 9.59 Å². The summed E-state index contributed by atoms with van der Waals surface area (Å²) in [5.74, 6) is 0. The van der Waals surface area contributed by atoms with E-state index in [-0.39, 0.29) is 0 Å². The maximum absolute atomic E-state index is 12.2. The van der Waals surface area contributed by atoms with Crippen LogP contribution in [0.15, 0.2) is 30.3 Å². The molecule has 0 aromatic heterocycles. The van der Waals surface area contributed by atoms with Crippen molar-refractivity contribution in [1.29, 1.82) is 0 Å². The van der Waals surface area contributed by atoms with Crippen LogP contribution in [0.5, 0.6) is 0 Å². The van der Waals surface area contributed by atoms with Crippen LogP contribution in [0.4, 0.5) is 10.5 Å². The highest BCUT2D eigenvalue weighted by molar-refractivity contribution is 6.06. The molecule has 0 bridgehead atoms. The Bertz CT molecular complexity index is 418. The number of hydrogen-bond donors (Lipinski definition) is 1. The number of carbonyl (C=O) groups excluding carboxylic acids is 2. The molecule has 98 valence electrons. The van der Waals surface area contributed by atoms with E-state index in [1.807, 2.05) is 19.9 Å². The van der Waals surface area contributed by atoms with Gasteiger partial charge in [-0.05, 0) is 26.0 Å². The number of hydrogen-bond acceptors (Lipinski definition) is 3. The second kappa shape index (κ2) is 5.64. The first-order chi connectivity index (χ1) is 8.44. The fraction of sp³-hybridized carbons (Fsp3) is 0.385. The van der Waals surface area contributed by atoms with Gasteiger partial charge in [0.05, 0.1) is 11.2 Å². The Kier molecular flexibility index (Phi) is 4.44. The number of carbonyl (C=O) groups is 2. The zero-order chi connectivity index (χ0) is 13.8. The summed E-state index contributed by atoms with van der Waals surface area (Å²) in [5, 5.41) is 0. The van der Waals surface area contributed by atoms with Crippen LogP contribution in [-0.4, -0.2) is 36.5 Å². The van der Waals surface area contributed by atoms with E-state index in [2.05, 4.69) is 0 Å². The predicted molar refractivity (Wildman–Crippen MR) is 71.3 cm³/mol. The fourth-order valence-corrected chi connectivity index (χ4v) is 1.36. The number of para-hydroxylation sites is 1. The lowest BCUT2D eigenvalue weighted by atomic mass is 10.0. The molecule has 0 aliphatic heterocycles. The van der Waals surface area contributed by atoms with E-state index in [1.54, 1.807) is 31.3 Å². The van der Waals surface area contributed by atoms with Crippen molar-refractivity contribution in [3.05, 3.63) is 30.3 Å². The molecule has 18 heavy (non-hydrogen) atoms. The van der Waals surface area contributed by atoms with Crippen molar-refractivity contribution in [2.24, 2.45) is 5.73 Å². The average Bonchev–Trinajstić information content (AvgIpc) is 2.39. The number of benzene rings is 1. The lowest BCUT2D eigenvalue weighted by molar-refractivity contribution is -0.107. The first-order valence-corrected chi connectivity index (χ1v) is 5.71. The molecule has 5 nitrogen and oxygen atoms in total. The maximum atomic E-state index is 12.2. The minimum absolute atomic E-state index is 0.316. The third-order valence-electron chi connectivity index (χ3n) is 3.04. The number of rotatable bonds is 4. The topological polar surface area (TPSA) is 66.6 Å². The Labute approximate surface area is 107 Å². The maximum Gasteiger partial charge on any atom is 0.331 e. The van der Waals surface area contributed by atoms with Gasteiger partial charge in [-0.2, -0.15) is 0 Å². The summed E-state index contributed by atoms with van der Waals surface area (Å²) in [4.78, 5) is 25.9. The summed E-state index contributed by atoms with van der Waals surface area (Å²) >= 11 is 0. The largest absolute Gasteiger partial charge is 0.331 e. The normalized spacial score (nSPS) is 10.9. The second-order valence-corrected chi connectivity index (χ2v) is 4.67. The summed E-state index contributed by atoms with van der Waals surface area (Å²) in [6, 6.07) is 8.38. The molecule has 2 N–H and O–H groups in total. The summed E-state index contributed by atoms with van der Waals surface area (Å²) in [5.41, 5.74) is 5.66. The highest BCUT2D eigenvalue weighted by atomic mass is 16.2. The summed E-state index contributed by atoms with van der Waals surface area (Å²) in [6.07, 6.45) is 0.515. The van der Waals surface area contributed by atoms with Crippen LogP contribution in [0.2, 0.25) is 0 Å². The fourth-order valence-electron chi connectivity index (χ4n) is 1.36. The van der Waals surface area contributed by atoms with Crippen LogP contribution in [0.3, 0.4) is 0 Å². The molecule has 1 aromatic rings. The number of imide groups is 1. The van der Waals surface area contributed by atoms with Gasteiger partial charge in [-0.3, -0.25) is 4.79 Å². The second-order valence-electron chi connectivity index (χ2n) is 4.67. The SMILES string of the molecule is CN(C(=O)N(C=O)c1ccccc1)C(C)(C)CN. The Morgan fingerprint density at radius 3 is 2.33 bits per heavy atom. The monoisotopic (exact) mass is 249 g/mol. The molecule has 0 atom stereocenters. The van der Waals surface area contributed by atoms with Gasteiger partial charge >= 0.3 is 6.03 Å². The summed E-state index contributed by atoms with van der Waals surface area (Å²) in [7, 11) is 1.63. The number of nitrogens with zero attached hydrogens (tertiary/aromatic N) is 2. The minimum Gasteiger partial charge on any atom is -0.328 e. The van der Waals surface area contributed by atoms with Crippen molar-refractivity contribution in [2.45, 2.75) is 19.4 Å². The van der Waals surface area contributed by atoms with E-state index in [0.29, 0.717) is 18.6 Å². The third-order valence-corrected chi connectivity index (χ3v) is 3.04. The third kappa shape index (κ3) is 2.87. The van der Waals surface area contributed by atoms with Crippen LogP contribution in [0.25, 0.3) is 0 Å². The molecular formula is C13H19N3O2. The molecule has 0 aliphatic carbocycles. The van der Waals surface area contributed by atoms with Gasteiger partial charge in [-0.15, -0.1) is 0 Å². The van der Waals surface area contributed by atoms with E-state index in [0.717, 1.165) is 4.90 Å². The van der Waals surface area contributed by atoms with Crippen molar-refractivity contribution in [3.63, 3.8) is 0 Å². The van der Waals surface area contributed by atoms with Crippen LogP contribution in [-0.2, 0) is 4.79 Å². The molecule has 0 spiro atoms. The van der Waals surface area contributed by atoms with Crippen LogP contribution < -0.4 is 10.6 Å². The van der Waals surface area contributed by atoms with Gasteiger partial charge in [-0.1, -0.05) is 18.2 Å². The number of anilines is 1. The van der Waals surface area contributed by atoms with Gasteiger partial charge in [0.2, 0.25) is 6.41 Å². The van der Waals surface area contributed by atoms with Crippen LogP contribution in [0, 0.1) is 0 Å². The first kappa shape index (κ1) is 14.2. The van der Waals surface area contributed by atoms with E-state index < -0.39 is 11.6 Å². The van der Waals surface area contributed by atoms with Gasteiger partial charge in [0.15, 0.2) is 0 Å². The smallest absolute Gasteiger partial charge is 0.328 e. The molecule has 0 aliphatic rings. The van der Waals surface area contributed by atoms with Crippen LogP contribution in [0.1, 0.15) is 13.8 Å². The van der Waals surface area contributed by atoms with E-state index in [1.165, 1.54) is 4.90 Å².